The van der Waals surface area contributed by atoms with Crippen molar-refractivity contribution in [3.63, 3.8) is 0 Å². The molecule has 1 amide bonds. The molecular formula is C18H23N3O3. The second-order valence-corrected chi connectivity index (χ2v) is 6.28. The molecule has 1 N–H and O–H groups in total. The number of aromatic nitrogens is 2. The van der Waals surface area contributed by atoms with Crippen molar-refractivity contribution in [1.29, 1.82) is 0 Å². The highest BCUT2D eigenvalue weighted by Gasteiger charge is 2.34. The van der Waals surface area contributed by atoms with Gasteiger partial charge in [-0.25, -0.2) is 0 Å². The molecule has 0 saturated heterocycles. The number of nitrogens with zero attached hydrogens (tertiary/aromatic N) is 2. The maximum absolute atomic E-state index is 12.2. The first-order valence-corrected chi connectivity index (χ1v) is 8.19. The van der Waals surface area contributed by atoms with E-state index in [0.717, 1.165) is 17.7 Å². The van der Waals surface area contributed by atoms with Gasteiger partial charge >= 0.3 is 0 Å². The normalized spacial score (nSPS) is 18.7. The molecule has 6 nitrogen and oxygen atoms in total. The van der Waals surface area contributed by atoms with Crippen LogP contribution in [0, 0.1) is 6.92 Å². The van der Waals surface area contributed by atoms with E-state index in [2.05, 4.69) is 10.4 Å². The summed E-state index contributed by atoms with van der Waals surface area (Å²) < 4.78 is 13.4. The molecule has 2 heterocycles. The molecule has 6 heteroatoms. The third-order valence-corrected chi connectivity index (χ3v) is 4.48. The third-order valence-electron chi connectivity index (χ3n) is 4.48. The molecule has 1 aliphatic heterocycles. The Morgan fingerprint density at radius 1 is 1.33 bits per heavy atom. The van der Waals surface area contributed by atoms with E-state index >= 15 is 0 Å². The number of hydrogen-bond acceptors (Lipinski definition) is 4. The van der Waals surface area contributed by atoms with Crippen molar-refractivity contribution in [2.45, 2.75) is 45.8 Å². The minimum atomic E-state index is -0.622. The molecule has 1 aliphatic rings. The van der Waals surface area contributed by atoms with Crippen molar-refractivity contribution in [3.05, 3.63) is 35.7 Å². The van der Waals surface area contributed by atoms with E-state index in [4.69, 9.17) is 9.47 Å². The number of ether oxygens (including phenoxy) is 2. The molecule has 128 valence electrons. The molecule has 0 bridgehead atoms. The largest absolute Gasteiger partial charge is 0.449 e. The van der Waals surface area contributed by atoms with Crippen LogP contribution in [0.2, 0.25) is 0 Å². The number of anilines is 1. The molecule has 0 unspecified atom stereocenters. The van der Waals surface area contributed by atoms with E-state index in [9.17, 15) is 4.79 Å². The smallest absolute Gasteiger partial charge is 0.248 e. The molecule has 2 aromatic rings. The average Bonchev–Trinajstić information content (AvgIpc) is 3.05. The molecular weight excluding hydrogens is 306 g/mol. The van der Waals surface area contributed by atoms with Crippen LogP contribution in [0.4, 0.5) is 5.69 Å². The first-order valence-electron chi connectivity index (χ1n) is 8.19. The Hall–Kier alpha value is -2.50. The van der Waals surface area contributed by atoms with Crippen molar-refractivity contribution >= 4 is 11.6 Å². The number of aryl methyl sites for hydroxylation is 2. The van der Waals surface area contributed by atoms with Crippen molar-refractivity contribution in [3.8, 4) is 11.5 Å². The lowest BCUT2D eigenvalue weighted by atomic mass is 10.1. The molecule has 1 aromatic carbocycles. The van der Waals surface area contributed by atoms with E-state index in [-0.39, 0.29) is 5.91 Å². The van der Waals surface area contributed by atoms with Gasteiger partial charge in [0, 0.05) is 44.3 Å². The number of amides is 1. The number of carbonyl (C=O) groups is 1. The van der Waals surface area contributed by atoms with Gasteiger partial charge in [0.25, 0.3) is 0 Å². The van der Waals surface area contributed by atoms with Crippen LogP contribution in [-0.4, -0.2) is 21.5 Å². The highest BCUT2D eigenvalue weighted by Crippen LogP contribution is 2.42. The lowest BCUT2D eigenvalue weighted by Crippen LogP contribution is -2.33. The quantitative estimate of drug-likeness (QED) is 0.915. The Labute approximate surface area is 141 Å². The van der Waals surface area contributed by atoms with Gasteiger partial charge in [-0.3, -0.25) is 9.48 Å². The van der Waals surface area contributed by atoms with E-state index in [1.807, 2.05) is 56.9 Å². The van der Waals surface area contributed by atoms with E-state index in [1.54, 1.807) is 0 Å². The lowest BCUT2D eigenvalue weighted by Gasteiger charge is -2.20. The van der Waals surface area contributed by atoms with Gasteiger partial charge in [0.1, 0.15) is 0 Å². The maximum Gasteiger partial charge on any atom is 0.248 e. The standard InChI is InChI=1S/C18H23N3O3/c1-5-18(3)23-15-8-7-14(10-16(15)24-18)20-17(22)9-6-13-11-19-21(4)12(13)2/h7-8,10-11H,5-6,9H2,1-4H3,(H,20,22)/t18-/m0/s1. The van der Waals surface area contributed by atoms with Gasteiger partial charge in [-0.2, -0.15) is 5.10 Å². The van der Waals surface area contributed by atoms with Crippen molar-refractivity contribution < 1.29 is 14.3 Å². The summed E-state index contributed by atoms with van der Waals surface area (Å²) in [6.07, 6.45) is 3.64. The highest BCUT2D eigenvalue weighted by atomic mass is 16.7. The second kappa shape index (κ2) is 6.19. The molecule has 0 radical (unpaired) electrons. The Balaban J connectivity index is 1.60. The zero-order chi connectivity index (χ0) is 17.3. The summed E-state index contributed by atoms with van der Waals surface area (Å²) in [5, 5.41) is 7.11. The van der Waals surface area contributed by atoms with Gasteiger partial charge in [-0.05, 0) is 31.0 Å². The number of fused-ring (bicyclic) bond motifs is 1. The first kappa shape index (κ1) is 16.4. The van der Waals surface area contributed by atoms with Crippen molar-refractivity contribution in [1.82, 2.24) is 9.78 Å². The van der Waals surface area contributed by atoms with Crippen LogP contribution in [0.3, 0.4) is 0 Å². The lowest BCUT2D eigenvalue weighted by molar-refractivity contribution is -0.116. The van der Waals surface area contributed by atoms with Crippen LogP contribution in [0.25, 0.3) is 0 Å². The SMILES string of the molecule is CC[C@@]1(C)Oc2ccc(NC(=O)CCc3cnn(C)c3C)cc2O1. The van der Waals surface area contributed by atoms with Gasteiger partial charge in [0.2, 0.25) is 11.7 Å². The van der Waals surface area contributed by atoms with Crippen molar-refractivity contribution in [2.24, 2.45) is 7.05 Å². The number of benzene rings is 1. The van der Waals surface area contributed by atoms with Crippen LogP contribution in [0.15, 0.2) is 24.4 Å². The van der Waals surface area contributed by atoms with Gasteiger partial charge in [-0.15, -0.1) is 0 Å². The number of nitrogens with one attached hydrogen (secondary N) is 1. The summed E-state index contributed by atoms with van der Waals surface area (Å²) in [6.45, 7) is 5.92. The van der Waals surface area contributed by atoms with E-state index < -0.39 is 5.79 Å². The molecule has 0 spiro atoms. The Morgan fingerprint density at radius 2 is 2.08 bits per heavy atom. The third kappa shape index (κ3) is 3.22. The van der Waals surface area contributed by atoms with Crippen LogP contribution < -0.4 is 14.8 Å². The topological polar surface area (TPSA) is 65.4 Å². The van der Waals surface area contributed by atoms with Gasteiger partial charge in [0.05, 0.1) is 6.20 Å². The molecule has 0 fully saturated rings. The predicted octanol–water partition coefficient (Wildman–Crippen LogP) is 3.20. The molecule has 1 aromatic heterocycles. The molecule has 3 rings (SSSR count). The van der Waals surface area contributed by atoms with Crippen LogP contribution in [0.1, 0.15) is 37.9 Å². The monoisotopic (exact) mass is 329 g/mol. The highest BCUT2D eigenvalue weighted by molar-refractivity contribution is 5.91. The zero-order valence-electron chi connectivity index (χ0n) is 14.5. The Morgan fingerprint density at radius 3 is 2.75 bits per heavy atom. The summed E-state index contributed by atoms with van der Waals surface area (Å²) in [5.74, 6) is 0.724. The van der Waals surface area contributed by atoms with Crippen LogP contribution >= 0.6 is 0 Å². The van der Waals surface area contributed by atoms with Gasteiger partial charge in [0.15, 0.2) is 11.5 Å². The fraction of sp³-hybridized carbons (Fsp3) is 0.444. The Kier molecular flexibility index (Phi) is 4.22. The summed E-state index contributed by atoms with van der Waals surface area (Å²) in [4.78, 5) is 12.2. The molecule has 1 atom stereocenters. The minimum Gasteiger partial charge on any atom is -0.449 e. The summed E-state index contributed by atoms with van der Waals surface area (Å²) in [6, 6.07) is 5.47. The molecule has 0 aliphatic carbocycles. The number of hydrogen-bond donors (Lipinski definition) is 1. The second-order valence-electron chi connectivity index (χ2n) is 6.28. The van der Waals surface area contributed by atoms with Gasteiger partial charge in [-0.1, -0.05) is 6.92 Å². The Bertz CT molecular complexity index is 769. The number of rotatable bonds is 5. The summed E-state index contributed by atoms with van der Waals surface area (Å²) in [7, 11) is 1.90. The van der Waals surface area contributed by atoms with Crippen LogP contribution in [0.5, 0.6) is 11.5 Å². The van der Waals surface area contributed by atoms with E-state index in [1.165, 1.54) is 0 Å². The minimum absolute atomic E-state index is 0.0321. The molecule has 0 saturated carbocycles. The van der Waals surface area contributed by atoms with E-state index in [0.29, 0.717) is 30.0 Å². The maximum atomic E-state index is 12.2. The zero-order valence-corrected chi connectivity index (χ0v) is 14.5. The first-order chi connectivity index (χ1) is 11.4. The van der Waals surface area contributed by atoms with Crippen LogP contribution in [-0.2, 0) is 18.3 Å². The van der Waals surface area contributed by atoms with Crippen molar-refractivity contribution in [2.75, 3.05) is 5.32 Å². The fourth-order valence-electron chi connectivity index (χ4n) is 2.64. The predicted molar refractivity (Wildman–Crippen MR) is 91.3 cm³/mol. The fourth-order valence-corrected chi connectivity index (χ4v) is 2.64. The number of carbonyl (C=O) groups excluding carboxylic acids is 1. The summed E-state index contributed by atoms with van der Waals surface area (Å²) in [5.41, 5.74) is 2.90. The van der Waals surface area contributed by atoms with Gasteiger partial charge < -0.3 is 14.8 Å². The average molecular weight is 329 g/mol. The summed E-state index contributed by atoms with van der Waals surface area (Å²) >= 11 is 0. The molecule has 24 heavy (non-hydrogen) atoms.